The molecule has 0 aliphatic rings. The van der Waals surface area contributed by atoms with E-state index in [1.54, 1.807) is 11.8 Å². The molecular formula is C15H22BrFN6O4S. The van der Waals surface area contributed by atoms with Crippen LogP contribution in [0.15, 0.2) is 32.3 Å². The first-order chi connectivity index (χ1) is 13.6. The van der Waals surface area contributed by atoms with Crippen LogP contribution in [0.5, 0.6) is 0 Å². The molecule has 0 fully saturated rings. The number of carbonyl (C=O) groups excluding carboxylic acids is 1. The van der Waals surface area contributed by atoms with Crippen molar-refractivity contribution >= 4 is 51.5 Å². The Labute approximate surface area is 174 Å². The first kappa shape index (κ1) is 25.8. The molecule has 156 valence electrons. The molecule has 2 aromatic rings. The van der Waals surface area contributed by atoms with Crippen LogP contribution >= 0.6 is 27.7 Å². The second-order valence-electron chi connectivity index (χ2n) is 4.38. The number of nitrogens with one attached hydrogen (secondary N) is 2. The third-order valence-corrected chi connectivity index (χ3v) is 3.88. The summed E-state index contributed by atoms with van der Waals surface area (Å²) >= 11 is 4.75. The van der Waals surface area contributed by atoms with Gasteiger partial charge in [-0.3, -0.25) is 15.5 Å². The van der Waals surface area contributed by atoms with Gasteiger partial charge in [-0.15, -0.1) is 0 Å². The van der Waals surface area contributed by atoms with Crippen molar-refractivity contribution in [1.82, 2.24) is 15.8 Å². The minimum Gasteiger partial charge on any atom is -0.471 e. The predicted molar refractivity (Wildman–Crippen MR) is 110 cm³/mol. The Morgan fingerprint density at radius 3 is 2.71 bits per heavy atom. The minimum absolute atomic E-state index is 0.0337. The van der Waals surface area contributed by atoms with Crippen molar-refractivity contribution in [2.45, 2.75) is 0 Å². The van der Waals surface area contributed by atoms with Gasteiger partial charge in [0.2, 0.25) is 5.82 Å². The molecule has 28 heavy (non-hydrogen) atoms. The number of rotatable bonds is 7. The maximum atomic E-state index is 13.2. The highest BCUT2D eigenvalue weighted by molar-refractivity contribution is 9.10. The number of anilines is 1. The lowest BCUT2D eigenvalue weighted by molar-refractivity contribution is -0.126. The minimum atomic E-state index is -0.403. The summed E-state index contributed by atoms with van der Waals surface area (Å²) in [7, 11) is 2.81. The number of hydroxylamine groups is 1. The molecule has 10 nitrogen and oxygen atoms in total. The van der Waals surface area contributed by atoms with E-state index in [9.17, 15) is 9.60 Å². The zero-order chi connectivity index (χ0) is 21.4. The van der Waals surface area contributed by atoms with E-state index in [-0.39, 0.29) is 16.0 Å². The number of benzene rings is 1. The van der Waals surface area contributed by atoms with E-state index in [2.05, 4.69) is 51.7 Å². The van der Waals surface area contributed by atoms with Crippen molar-refractivity contribution < 1.29 is 23.8 Å². The summed E-state index contributed by atoms with van der Waals surface area (Å²) in [5.74, 6) is 0.859. The number of aromatic nitrogens is 2. The molecule has 0 unspecified atom stereocenters. The fraction of sp³-hybridized carbons (Fsp3) is 0.333. The predicted octanol–water partition coefficient (Wildman–Crippen LogP) is 2.17. The van der Waals surface area contributed by atoms with E-state index >= 15 is 0 Å². The molecule has 0 amide bonds. The summed E-state index contributed by atoms with van der Waals surface area (Å²) in [4.78, 5) is 13.1. The van der Waals surface area contributed by atoms with E-state index in [1.807, 2.05) is 11.7 Å². The van der Waals surface area contributed by atoms with Gasteiger partial charge in [-0.25, -0.2) is 14.0 Å². The van der Waals surface area contributed by atoms with E-state index in [0.717, 1.165) is 5.75 Å². The van der Waals surface area contributed by atoms with E-state index in [0.29, 0.717) is 24.5 Å². The fourth-order valence-electron chi connectivity index (χ4n) is 1.55. The van der Waals surface area contributed by atoms with Gasteiger partial charge in [0.1, 0.15) is 5.82 Å². The van der Waals surface area contributed by atoms with Gasteiger partial charge in [-0.1, -0.05) is 0 Å². The molecule has 0 aliphatic heterocycles. The van der Waals surface area contributed by atoms with E-state index in [1.165, 1.54) is 32.4 Å². The highest BCUT2D eigenvalue weighted by Gasteiger charge is 2.16. The molecule has 5 N–H and O–H groups in total. The average Bonchev–Trinajstić information content (AvgIpc) is 3.19. The van der Waals surface area contributed by atoms with Crippen LogP contribution in [0.25, 0.3) is 0 Å². The summed E-state index contributed by atoms with van der Waals surface area (Å²) in [5, 5.41) is 19.7. The summed E-state index contributed by atoms with van der Waals surface area (Å²) < 4.78 is 22.0. The molecule has 1 heterocycles. The third kappa shape index (κ3) is 9.12. The van der Waals surface area contributed by atoms with Crippen molar-refractivity contribution in [3.8, 4) is 0 Å². The highest BCUT2D eigenvalue weighted by atomic mass is 79.9. The van der Waals surface area contributed by atoms with Gasteiger partial charge in [0.15, 0.2) is 11.5 Å². The van der Waals surface area contributed by atoms with Gasteiger partial charge in [0.25, 0.3) is 6.47 Å². The molecule has 2 rings (SSSR count). The van der Waals surface area contributed by atoms with Crippen LogP contribution in [0.4, 0.5) is 15.9 Å². The van der Waals surface area contributed by atoms with Gasteiger partial charge in [-0.05, 0) is 57.7 Å². The quantitative estimate of drug-likeness (QED) is 0.152. The number of aliphatic imine (C=N–C) groups is 1. The van der Waals surface area contributed by atoms with Gasteiger partial charge in [0.05, 0.1) is 17.3 Å². The number of nitrogens with two attached hydrogens (primary N) is 1. The number of hydrogen-bond acceptors (Lipinski definition) is 10. The van der Waals surface area contributed by atoms with Crippen LogP contribution in [-0.2, 0) is 9.53 Å². The van der Waals surface area contributed by atoms with Crippen LogP contribution in [0.1, 0.15) is 5.69 Å². The average molecular weight is 481 g/mol. The third-order valence-electron chi connectivity index (χ3n) is 2.66. The lowest BCUT2D eigenvalue weighted by atomic mass is 10.3. The number of thioether (sulfide) groups is 1. The Balaban J connectivity index is 0.00000108. The molecule has 0 aliphatic carbocycles. The van der Waals surface area contributed by atoms with Crippen LogP contribution in [0.2, 0.25) is 0 Å². The highest BCUT2D eigenvalue weighted by Crippen LogP contribution is 2.23. The number of ether oxygens (including phenoxy) is 1. The molecule has 13 heteroatoms. The largest absolute Gasteiger partial charge is 0.471 e. The Kier molecular flexibility index (Phi) is 14.5. The molecule has 0 saturated carbocycles. The molecule has 0 atom stereocenters. The summed E-state index contributed by atoms with van der Waals surface area (Å²) in [6, 6.07) is 4.20. The second-order valence-corrected chi connectivity index (χ2v) is 6.22. The normalized spacial score (nSPS) is 10.0. The Morgan fingerprint density at radius 1 is 1.50 bits per heavy atom. The number of carbonyl (C=O) groups is 1. The molecule has 0 saturated heterocycles. The first-order valence-electron chi connectivity index (χ1n) is 7.61. The van der Waals surface area contributed by atoms with Crippen molar-refractivity contribution in [3.63, 3.8) is 0 Å². The Morgan fingerprint density at radius 2 is 2.18 bits per heavy atom. The lowest BCUT2D eigenvalue weighted by Gasteiger charge is -2.05. The topological polar surface area (TPSA) is 148 Å². The molecule has 0 bridgehead atoms. The number of hydrogen-bond donors (Lipinski definition) is 4. The summed E-state index contributed by atoms with van der Waals surface area (Å²) in [5.41, 5.74) is 7.10. The SMILES string of the molecule is CN.COC=O.CSCCNc1nonc1C(=Nc1ccc(F)c(Br)c1)NO. The number of amidine groups is 1. The number of halogens is 2. The maximum Gasteiger partial charge on any atom is 0.292 e. The van der Waals surface area contributed by atoms with Gasteiger partial charge in [-0.2, -0.15) is 11.8 Å². The molecule has 1 aromatic heterocycles. The van der Waals surface area contributed by atoms with Gasteiger partial charge in [0, 0.05) is 12.3 Å². The molecule has 0 spiro atoms. The second kappa shape index (κ2) is 15.8. The Hall–Kier alpha value is -2.22. The van der Waals surface area contributed by atoms with Crippen LogP contribution < -0.4 is 16.5 Å². The van der Waals surface area contributed by atoms with Crippen LogP contribution in [0.3, 0.4) is 0 Å². The van der Waals surface area contributed by atoms with Crippen LogP contribution in [-0.4, -0.2) is 60.5 Å². The summed E-state index contributed by atoms with van der Waals surface area (Å²) in [6.45, 7) is 1.03. The van der Waals surface area contributed by atoms with E-state index < -0.39 is 5.82 Å². The molecule has 0 radical (unpaired) electrons. The zero-order valence-corrected chi connectivity index (χ0v) is 17.9. The van der Waals surface area contributed by atoms with Crippen molar-refractivity contribution in [2.24, 2.45) is 10.7 Å². The molecular weight excluding hydrogens is 459 g/mol. The first-order valence-corrected chi connectivity index (χ1v) is 9.79. The monoisotopic (exact) mass is 480 g/mol. The summed E-state index contributed by atoms with van der Waals surface area (Å²) in [6.07, 6.45) is 1.98. The Bertz CT molecular complexity index is 734. The number of nitrogens with zero attached hydrogens (tertiary/aromatic N) is 3. The standard InChI is InChI=1S/C12H13BrFN5O2S.C2H4O2.CH5N/c1-22-5-4-15-11-10(18-21-19-11)12(17-20)16-7-2-3-9(14)8(13)6-7;1-4-2-3;1-2/h2-3,6,20H,4-5H2,1H3,(H,15,19)(H,16,17);2H,1H3;2H2,1H3. The van der Waals surface area contributed by atoms with Crippen LogP contribution in [0, 0.1) is 5.82 Å². The van der Waals surface area contributed by atoms with Gasteiger partial charge >= 0.3 is 0 Å². The fourth-order valence-corrected chi connectivity index (χ4v) is 2.22. The van der Waals surface area contributed by atoms with Crippen molar-refractivity contribution in [2.75, 3.05) is 38.0 Å². The molecule has 1 aromatic carbocycles. The van der Waals surface area contributed by atoms with Crippen molar-refractivity contribution in [3.05, 3.63) is 34.2 Å². The van der Waals surface area contributed by atoms with E-state index in [4.69, 9.17) is 4.79 Å². The lowest BCUT2D eigenvalue weighted by Crippen LogP contribution is -2.22. The van der Waals surface area contributed by atoms with Crippen molar-refractivity contribution in [1.29, 1.82) is 0 Å². The smallest absolute Gasteiger partial charge is 0.292 e. The number of methoxy groups -OCH3 is 1. The van der Waals surface area contributed by atoms with Gasteiger partial charge < -0.3 is 15.8 Å². The maximum absolute atomic E-state index is 13.2. The zero-order valence-electron chi connectivity index (χ0n) is 15.5.